The summed E-state index contributed by atoms with van der Waals surface area (Å²) in [6, 6.07) is 18.5. The van der Waals surface area contributed by atoms with Crippen molar-refractivity contribution < 1.29 is 13.6 Å². The van der Waals surface area contributed by atoms with Gasteiger partial charge in [0.2, 0.25) is 0 Å². The molecule has 3 rings (SSSR count). The molecule has 0 saturated carbocycles. The first-order valence-electron chi connectivity index (χ1n) is 9.19. The zero-order valence-corrected chi connectivity index (χ0v) is 16.1. The lowest BCUT2D eigenvalue weighted by molar-refractivity contribution is 0.0951. The minimum atomic E-state index is -0.658. The second-order valence-corrected chi connectivity index (χ2v) is 7.06. The third kappa shape index (κ3) is 4.83. The summed E-state index contributed by atoms with van der Waals surface area (Å²) in [4.78, 5) is 12.4. The molecule has 0 saturated heterocycles. The number of alkyl halides is 2. The minimum absolute atomic E-state index is 0.221. The molecule has 0 radical (unpaired) electrons. The third-order valence-corrected chi connectivity index (χ3v) is 4.58. The SMILES string of the molecule is Cc1cc(C)cc(-c2ccc(C(=O)NCc3cc(CF)cc(CF)c3)cc2)c1. The smallest absolute Gasteiger partial charge is 0.251 e. The Hall–Kier alpha value is -3.01. The molecule has 3 aromatic rings. The molecule has 4 heteroatoms. The fraction of sp³-hybridized carbons (Fsp3) is 0.208. The zero-order chi connectivity index (χ0) is 20.1. The van der Waals surface area contributed by atoms with Crippen LogP contribution in [0.3, 0.4) is 0 Å². The maximum atomic E-state index is 12.9. The maximum Gasteiger partial charge on any atom is 0.251 e. The molecule has 0 fully saturated rings. The van der Waals surface area contributed by atoms with Gasteiger partial charge in [0, 0.05) is 12.1 Å². The molecule has 0 aliphatic carbocycles. The predicted octanol–water partition coefficient (Wildman–Crippen LogP) is 5.84. The molecule has 0 bridgehead atoms. The summed E-state index contributed by atoms with van der Waals surface area (Å²) in [6.45, 7) is 3.02. The number of hydrogen-bond donors (Lipinski definition) is 1. The summed E-state index contributed by atoms with van der Waals surface area (Å²) < 4.78 is 25.8. The molecule has 2 nitrogen and oxygen atoms in total. The first-order chi connectivity index (χ1) is 13.5. The van der Waals surface area contributed by atoms with E-state index in [1.165, 1.54) is 17.2 Å². The van der Waals surface area contributed by atoms with Crippen molar-refractivity contribution in [3.05, 3.63) is 94.0 Å². The molecule has 0 heterocycles. The lowest BCUT2D eigenvalue weighted by atomic mass is 9.99. The molecule has 0 aliphatic heterocycles. The Morgan fingerprint density at radius 1 is 0.750 bits per heavy atom. The van der Waals surface area contributed by atoms with Gasteiger partial charge in [0.05, 0.1) is 0 Å². The van der Waals surface area contributed by atoms with Gasteiger partial charge in [0.15, 0.2) is 0 Å². The van der Waals surface area contributed by atoms with Crippen LogP contribution in [0.25, 0.3) is 11.1 Å². The fourth-order valence-corrected chi connectivity index (χ4v) is 3.34. The van der Waals surface area contributed by atoms with Crippen LogP contribution in [-0.4, -0.2) is 5.91 Å². The number of amides is 1. The Labute approximate surface area is 164 Å². The Balaban J connectivity index is 1.70. The van der Waals surface area contributed by atoms with Gasteiger partial charge in [0.25, 0.3) is 5.91 Å². The standard InChI is InChI=1S/C24H23F2NO/c1-16-7-17(2)9-23(8-16)21-3-5-22(6-4-21)24(28)27-15-20-11-18(13-25)10-19(12-20)14-26/h3-12H,13-15H2,1-2H3,(H,27,28). The van der Waals surface area contributed by atoms with E-state index in [0.29, 0.717) is 22.3 Å². The van der Waals surface area contributed by atoms with Gasteiger partial charge >= 0.3 is 0 Å². The Morgan fingerprint density at radius 3 is 1.82 bits per heavy atom. The van der Waals surface area contributed by atoms with Crippen molar-refractivity contribution >= 4 is 5.91 Å². The van der Waals surface area contributed by atoms with Crippen molar-refractivity contribution in [3.8, 4) is 11.1 Å². The quantitative estimate of drug-likeness (QED) is 0.573. The van der Waals surface area contributed by atoms with Crippen LogP contribution >= 0.6 is 0 Å². The lowest BCUT2D eigenvalue weighted by Crippen LogP contribution is -2.22. The molecule has 0 unspecified atom stereocenters. The molecule has 28 heavy (non-hydrogen) atoms. The topological polar surface area (TPSA) is 29.1 Å². The van der Waals surface area contributed by atoms with Gasteiger partial charge in [-0.05, 0) is 53.8 Å². The number of carbonyl (C=O) groups is 1. The summed E-state index contributed by atoms with van der Waals surface area (Å²) in [5.41, 5.74) is 6.61. The second-order valence-electron chi connectivity index (χ2n) is 7.06. The summed E-state index contributed by atoms with van der Waals surface area (Å²) in [6.07, 6.45) is 0. The normalized spacial score (nSPS) is 10.7. The van der Waals surface area contributed by atoms with E-state index in [-0.39, 0.29) is 12.5 Å². The van der Waals surface area contributed by atoms with Crippen LogP contribution in [0.15, 0.2) is 60.7 Å². The summed E-state index contributed by atoms with van der Waals surface area (Å²) in [5, 5.41) is 2.81. The Bertz CT molecular complexity index is 938. The second kappa shape index (κ2) is 8.79. The summed E-state index contributed by atoms with van der Waals surface area (Å²) in [7, 11) is 0. The van der Waals surface area contributed by atoms with E-state index in [9.17, 15) is 13.6 Å². The van der Waals surface area contributed by atoms with Crippen LogP contribution in [-0.2, 0) is 19.9 Å². The van der Waals surface area contributed by atoms with Crippen LogP contribution in [0.5, 0.6) is 0 Å². The number of rotatable bonds is 6. The van der Waals surface area contributed by atoms with Crippen LogP contribution in [0.1, 0.15) is 38.2 Å². The highest BCUT2D eigenvalue weighted by atomic mass is 19.1. The molecule has 0 aliphatic rings. The van der Waals surface area contributed by atoms with Gasteiger partial charge in [-0.25, -0.2) is 8.78 Å². The minimum Gasteiger partial charge on any atom is -0.348 e. The number of halogens is 2. The average Bonchev–Trinajstić information content (AvgIpc) is 2.71. The molecule has 0 aromatic heterocycles. The van der Waals surface area contributed by atoms with E-state index in [2.05, 4.69) is 37.4 Å². The first-order valence-corrected chi connectivity index (χ1v) is 9.19. The van der Waals surface area contributed by atoms with Crippen molar-refractivity contribution in [1.82, 2.24) is 5.32 Å². The third-order valence-electron chi connectivity index (χ3n) is 4.58. The lowest BCUT2D eigenvalue weighted by Gasteiger charge is -2.09. The van der Waals surface area contributed by atoms with Crippen LogP contribution < -0.4 is 5.32 Å². The molecule has 0 atom stereocenters. The van der Waals surface area contributed by atoms with Crippen LogP contribution in [0.2, 0.25) is 0 Å². The monoisotopic (exact) mass is 379 g/mol. The molecular weight excluding hydrogens is 356 g/mol. The van der Waals surface area contributed by atoms with E-state index in [1.807, 2.05) is 12.1 Å². The van der Waals surface area contributed by atoms with Crippen molar-refractivity contribution in [1.29, 1.82) is 0 Å². The van der Waals surface area contributed by atoms with Gasteiger partial charge in [-0.15, -0.1) is 0 Å². The Morgan fingerprint density at radius 2 is 1.29 bits per heavy atom. The van der Waals surface area contributed by atoms with E-state index in [0.717, 1.165) is 11.1 Å². The largest absolute Gasteiger partial charge is 0.348 e. The molecule has 3 aromatic carbocycles. The van der Waals surface area contributed by atoms with Gasteiger partial charge in [-0.1, -0.05) is 59.7 Å². The van der Waals surface area contributed by atoms with E-state index in [1.54, 1.807) is 24.3 Å². The van der Waals surface area contributed by atoms with E-state index in [4.69, 9.17) is 0 Å². The number of hydrogen-bond acceptors (Lipinski definition) is 1. The molecule has 1 N–H and O–H groups in total. The highest BCUT2D eigenvalue weighted by Gasteiger charge is 2.08. The van der Waals surface area contributed by atoms with Crippen molar-refractivity contribution in [2.45, 2.75) is 33.7 Å². The average molecular weight is 379 g/mol. The van der Waals surface area contributed by atoms with Crippen LogP contribution in [0, 0.1) is 13.8 Å². The molecule has 144 valence electrons. The van der Waals surface area contributed by atoms with Crippen molar-refractivity contribution in [2.24, 2.45) is 0 Å². The van der Waals surface area contributed by atoms with Gasteiger partial charge in [-0.3, -0.25) is 4.79 Å². The maximum absolute atomic E-state index is 12.9. The zero-order valence-electron chi connectivity index (χ0n) is 16.1. The number of nitrogens with one attached hydrogen (secondary N) is 1. The van der Waals surface area contributed by atoms with Gasteiger partial charge < -0.3 is 5.32 Å². The van der Waals surface area contributed by atoms with E-state index < -0.39 is 13.3 Å². The predicted molar refractivity (Wildman–Crippen MR) is 109 cm³/mol. The highest BCUT2D eigenvalue weighted by molar-refractivity contribution is 5.94. The molecule has 1 amide bonds. The number of benzene rings is 3. The Kier molecular flexibility index (Phi) is 6.19. The van der Waals surface area contributed by atoms with Crippen molar-refractivity contribution in [2.75, 3.05) is 0 Å². The van der Waals surface area contributed by atoms with Crippen molar-refractivity contribution in [3.63, 3.8) is 0 Å². The summed E-state index contributed by atoms with van der Waals surface area (Å²) >= 11 is 0. The summed E-state index contributed by atoms with van der Waals surface area (Å²) in [5.74, 6) is -0.223. The van der Waals surface area contributed by atoms with Gasteiger partial charge in [0.1, 0.15) is 13.3 Å². The van der Waals surface area contributed by atoms with Gasteiger partial charge in [-0.2, -0.15) is 0 Å². The molecular formula is C24H23F2NO. The van der Waals surface area contributed by atoms with E-state index >= 15 is 0 Å². The number of aryl methyl sites for hydroxylation is 2. The van der Waals surface area contributed by atoms with Crippen LogP contribution in [0.4, 0.5) is 8.78 Å². The first kappa shape index (κ1) is 19.7. The number of carbonyl (C=O) groups excluding carboxylic acids is 1. The molecule has 0 spiro atoms. The highest BCUT2D eigenvalue weighted by Crippen LogP contribution is 2.22. The fourth-order valence-electron chi connectivity index (χ4n) is 3.34.